The van der Waals surface area contributed by atoms with E-state index in [1.165, 1.54) is 76.3 Å². The fourth-order valence-corrected chi connectivity index (χ4v) is 3.48. The highest BCUT2D eigenvalue weighted by molar-refractivity contribution is 7.87. The molecule has 0 unspecified atom stereocenters. The standard InChI is InChI=1S/C23H40O4S/c1-5-7-9-11-13-15-20-17-21(16-14-12-10-8-6-2)19-22(18-20)27-23(3,4)28(24,25)26/h17-19H,5-16H2,1-4H3,(H,24,25,26). The van der Waals surface area contributed by atoms with Crippen LogP contribution in [0.15, 0.2) is 18.2 Å². The van der Waals surface area contributed by atoms with E-state index in [9.17, 15) is 13.0 Å². The summed E-state index contributed by atoms with van der Waals surface area (Å²) in [7, 11) is -4.30. The number of aryl methyl sites for hydroxylation is 2. The minimum absolute atomic E-state index is 0.525. The normalized spacial score (nSPS) is 12.3. The van der Waals surface area contributed by atoms with Crippen LogP contribution in [0.4, 0.5) is 0 Å². The molecule has 0 aliphatic carbocycles. The lowest BCUT2D eigenvalue weighted by Crippen LogP contribution is -2.37. The van der Waals surface area contributed by atoms with Crippen molar-refractivity contribution in [1.29, 1.82) is 0 Å². The molecule has 28 heavy (non-hydrogen) atoms. The summed E-state index contributed by atoms with van der Waals surface area (Å²) in [4.78, 5) is -1.66. The highest BCUT2D eigenvalue weighted by Gasteiger charge is 2.35. The molecule has 4 nitrogen and oxygen atoms in total. The van der Waals surface area contributed by atoms with E-state index in [1.54, 1.807) is 0 Å². The van der Waals surface area contributed by atoms with Crippen LogP contribution in [0.3, 0.4) is 0 Å². The van der Waals surface area contributed by atoms with Crippen LogP contribution in [0.5, 0.6) is 5.75 Å². The molecule has 162 valence electrons. The van der Waals surface area contributed by atoms with E-state index in [0.717, 1.165) is 25.7 Å². The van der Waals surface area contributed by atoms with Crippen LogP contribution in [-0.2, 0) is 23.0 Å². The Morgan fingerprint density at radius 2 is 1.21 bits per heavy atom. The van der Waals surface area contributed by atoms with Gasteiger partial charge in [-0.3, -0.25) is 4.55 Å². The third-order valence-electron chi connectivity index (χ3n) is 5.15. The molecule has 0 fully saturated rings. The van der Waals surface area contributed by atoms with Crippen molar-refractivity contribution in [1.82, 2.24) is 0 Å². The van der Waals surface area contributed by atoms with Gasteiger partial charge in [0.25, 0.3) is 0 Å². The molecule has 1 rings (SSSR count). The lowest BCUT2D eigenvalue weighted by molar-refractivity contribution is 0.178. The first kappa shape index (κ1) is 25.0. The van der Waals surface area contributed by atoms with Gasteiger partial charge in [0, 0.05) is 0 Å². The third kappa shape index (κ3) is 9.42. The van der Waals surface area contributed by atoms with Crippen LogP contribution in [0.1, 0.15) is 103 Å². The molecule has 0 saturated carbocycles. The Balaban J connectivity index is 2.84. The Morgan fingerprint density at radius 1 is 0.786 bits per heavy atom. The Bertz CT molecular complexity index is 633. The number of hydrogen-bond acceptors (Lipinski definition) is 3. The average molecular weight is 413 g/mol. The first-order valence-corrected chi connectivity index (χ1v) is 12.4. The molecule has 0 bridgehead atoms. The zero-order chi connectivity index (χ0) is 21.0. The van der Waals surface area contributed by atoms with E-state index in [0.29, 0.717) is 5.75 Å². The minimum atomic E-state index is -4.30. The molecule has 0 atom stereocenters. The van der Waals surface area contributed by atoms with Crippen molar-refractivity contribution >= 4 is 10.1 Å². The minimum Gasteiger partial charge on any atom is -0.469 e. The molecular weight excluding hydrogens is 372 g/mol. The monoisotopic (exact) mass is 412 g/mol. The Kier molecular flexibility index (Phi) is 11.1. The maximum absolute atomic E-state index is 11.6. The van der Waals surface area contributed by atoms with Gasteiger partial charge < -0.3 is 4.74 Å². The van der Waals surface area contributed by atoms with Gasteiger partial charge in [-0.05, 0) is 62.8 Å². The maximum atomic E-state index is 11.6. The molecule has 5 heteroatoms. The van der Waals surface area contributed by atoms with Gasteiger partial charge in [-0.25, -0.2) is 0 Å². The van der Waals surface area contributed by atoms with E-state index >= 15 is 0 Å². The van der Waals surface area contributed by atoms with E-state index in [2.05, 4.69) is 19.9 Å². The van der Waals surface area contributed by atoms with Crippen LogP contribution in [0.2, 0.25) is 0 Å². The van der Waals surface area contributed by atoms with Gasteiger partial charge in [0.15, 0.2) is 0 Å². The predicted molar refractivity (Wildman–Crippen MR) is 118 cm³/mol. The first-order chi connectivity index (χ1) is 13.2. The summed E-state index contributed by atoms with van der Waals surface area (Å²) in [5.41, 5.74) is 2.37. The van der Waals surface area contributed by atoms with Gasteiger partial charge in [-0.2, -0.15) is 8.42 Å². The molecule has 0 saturated heterocycles. The first-order valence-electron chi connectivity index (χ1n) is 11.0. The lowest BCUT2D eigenvalue weighted by Gasteiger charge is -2.24. The van der Waals surface area contributed by atoms with E-state index in [-0.39, 0.29) is 0 Å². The molecule has 0 radical (unpaired) electrons. The van der Waals surface area contributed by atoms with Crippen molar-refractivity contribution in [2.75, 3.05) is 0 Å². The van der Waals surface area contributed by atoms with E-state index in [4.69, 9.17) is 4.74 Å². The van der Waals surface area contributed by atoms with E-state index in [1.807, 2.05) is 12.1 Å². The van der Waals surface area contributed by atoms with Crippen molar-refractivity contribution in [3.05, 3.63) is 29.3 Å². The molecule has 1 N–H and O–H groups in total. The number of benzene rings is 1. The maximum Gasteiger partial charge on any atom is 0.305 e. The van der Waals surface area contributed by atoms with Gasteiger partial charge in [0.2, 0.25) is 4.93 Å². The molecule has 0 amide bonds. The summed E-state index contributed by atoms with van der Waals surface area (Å²) < 4.78 is 38.3. The fourth-order valence-electron chi connectivity index (χ4n) is 3.28. The second kappa shape index (κ2) is 12.5. The van der Waals surface area contributed by atoms with Crippen molar-refractivity contribution in [3.8, 4) is 5.75 Å². The van der Waals surface area contributed by atoms with Crippen LogP contribution in [0.25, 0.3) is 0 Å². The summed E-state index contributed by atoms with van der Waals surface area (Å²) in [5.74, 6) is 0.525. The second-order valence-corrected chi connectivity index (χ2v) is 10.2. The molecule has 0 heterocycles. The number of unbranched alkanes of at least 4 members (excludes halogenated alkanes) is 8. The Morgan fingerprint density at radius 3 is 1.61 bits per heavy atom. The average Bonchev–Trinajstić information content (AvgIpc) is 2.60. The summed E-state index contributed by atoms with van der Waals surface area (Å²) in [6.07, 6.45) is 14.1. The van der Waals surface area contributed by atoms with Crippen LogP contribution < -0.4 is 4.74 Å². The number of ether oxygens (including phenoxy) is 1. The van der Waals surface area contributed by atoms with Crippen LogP contribution in [-0.4, -0.2) is 17.9 Å². The smallest absolute Gasteiger partial charge is 0.305 e. The molecule has 0 aliphatic heterocycles. The summed E-state index contributed by atoms with van der Waals surface area (Å²) in [5, 5.41) is 0. The summed E-state index contributed by atoms with van der Waals surface area (Å²) in [6, 6.07) is 6.08. The highest BCUT2D eigenvalue weighted by atomic mass is 32.2. The molecule has 0 spiro atoms. The quantitative estimate of drug-likeness (QED) is 0.257. The summed E-state index contributed by atoms with van der Waals surface area (Å²) in [6.45, 7) is 7.18. The van der Waals surface area contributed by atoms with Gasteiger partial charge in [-0.15, -0.1) is 0 Å². The Hall–Kier alpha value is -1.07. The van der Waals surface area contributed by atoms with Gasteiger partial charge in [-0.1, -0.05) is 71.3 Å². The zero-order valence-electron chi connectivity index (χ0n) is 18.3. The largest absolute Gasteiger partial charge is 0.469 e. The number of rotatable bonds is 15. The van der Waals surface area contributed by atoms with Gasteiger partial charge >= 0.3 is 10.1 Å². The molecule has 1 aromatic rings. The lowest BCUT2D eigenvalue weighted by atomic mass is 9.99. The second-order valence-electron chi connectivity index (χ2n) is 8.29. The highest BCUT2D eigenvalue weighted by Crippen LogP contribution is 2.27. The van der Waals surface area contributed by atoms with E-state index < -0.39 is 15.1 Å². The van der Waals surface area contributed by atoms with Crippen molar-refractivity contribution in [2.45, 2.75) is 110 Å². The molecular formula is C23H40O4S. The van der Waals surface area contributed by atoms with Crippen molar-refractivity contribution in [2.24, 2.45) is 0 Å². The van der Waals surface area contributed by atoms with Gasteiger partial charge in [0.1, 0.15) is 5.75 Å². The molecule has 0 aliphatic rings. The zero-order valence-corrected chi connectivity index (χ0v) is 19.1. The summed E-state index contributed by atoms with van der Waals surface area (Å²) >= 11 is 0. The Labute approximate surface area is 172 Å². The predicted octanol–water partition coefficient (Wildman–Crippen LogP) is 6.72. The molecule has 1 aromatic carbocycles. The van der Waals surface area contributed by atoms with Crippen molar-refractivity contribution < 1.29 is 17.7 Å². The van der Waals surface area contributed by atoms with Gasteiger partial charge in [0.05, 0.1) is 0 Å². The fraction of sp³-hybridized carbons (Fsp3) is 0.739. The molecule has 0 aromatic heterocycles. The van der Waals surface area contributed by atoms with Crippen LogP contribution in [0, 0.1) is 0 Å². The van der Waals surface area contributed by atoms with Crippen LogP contribution >= 0.6 is 0 Å². The SMILES string of the molecule is CCCCCCCc1cc(CCCCCCC)cc(OC(C)(C)S(=O)(=O)O)c1. The topological polar surface area (TPSA) is 63.6 Å². The third-order valence-corrected chi connectivity index (χ3v) is 6.47. The number of hydrogen-bond donors (Lipinski definition) is 1. The van der Waals surface area contributed by atoms with Crippen molar-refractivity contribution in [3.63, 3.8) is 0 Å².